The molecule has 0 amide bonds. The van der Waals surface area contributed by atoms with Gasteiger partial charge in [0.05, 0.1) is 26.4 Å². The third kappa shape index (κ3) is 64.6. The van der Waals surface area contributed by atoms with Gasteiger partial charge in [-0.2, -0.15) is 0 Å². The van der Waals surface area contributed by atoms with Gasteiger partial charge in [0.15, 0.2) is 12.2 Å². The number of phosphoric acid groups is 2. The fourth-order valence-corrected chi connectivity index (χ4v) is 12.2. The first-order valence-electron chi connectivity index (χ1n) is 36.6. The van der Waals surface area contributed by atoms with Crippen molar-refractivity contribution in [3.8, 4) is 0 Å². The maximum atomic E-state index is 13.0. The topological polar surface area (TPSA) is 237 Å². The molecular formula is C70H136O17P2. The molecule has 0 aliphatic rings. The van der Waals surface area contributed by atoms with E-state index in [4.69, 9.17) is 37.0 Å². The van der Waals surface area contributed by atoms with Crippen LogP contribution in [0.25, 0.3) is 0 Å². The molecule has 0 aromatic carbocycles. The van der Waals surface area contributed by atoms with Gasteiger partial charge in [-0.05, 0) is 31.6 Å². The lowest BCUT2D eigenvalue weighted by Crippen LogP contribution is -2.30. The van der Waals surface area contributed by atoms with Crippen molar-refractivity contribution in [1.82, 2.24) is 0 Å². The highest BCUT2D eigenvalue weighted by Crippen LogP contribution is 2.45. The largest absolute Gasteiger partial charge is 0.472 e. The van der Waals surface area contributed by atoms with Crippen molar-refractivity contribution in [3.05, 3.63) is 0 Å². The van der Waals surface area contributed by atoms with Crippen LogP contribution in [-0.2, 0) is 65.4 Å². The second kappa shape index (κ2) is 63.5. The number of esters is 4. The quantitative estimate of drug-likeness (QED) is 0.0222. The Bertz CT molecular complexity index is 1720. The highest BCUT2D eigenvalue weighted by Gasteiger charge is 2.30. The van der Waals surface area contributed by atoms with Gasteiger partial charge in [-0.3, -0.25) is 37.3 Å². The van der Waals surface area contributed by atoms with Crippen molar-refractivity contribution in [2.45, 2.75) is 380 Å². The van der Waals surface area contributed by atoms with E-state index in [0.29, 0.717) is 25.7 Å². The molecule has 0 aliphatic heterocycles. The zero-order valence-electron chi connectivity index (χ0n) is 57.6. The lowest BCUT2D eigenvalue weighted by Gasteiger charge is -2.21. The van der Waals surface area contributed by atoms with Crippen molar-refractivity contribution in [3.63, 3.8) is 0 Å². The Morgan fingerprint density at radius 3 is 0.764 bits per heavy atom. The van der Waals surface area contributed by atoms with E-state index in [9.17, 15) is 43.2 Å². The van der Waals surface area contributed by atoms with Gasteiger partial charge in [0.2, 0.25) is 0 Å². The Morgan fingerprint density at radius 1 is 0.303 bits per heavy atom. The van der Waals surface area contributed by atoms with Crippen LogP contribution >= 0.6 is 15.6 Å². The molecule has 528 valence electrons. The van der Waals surface area contributed by atoms with Crippen LogP contribution in [0.5, 0.6) is 0 Å². The Kier molecular flexibility index (Phi) is 62.1. The van der Waals surface area contributed by atoms with Gasteiger partial charge in [0.1, 0.15) is 19.3 Å². The summed E-state index contributed by atoms with van der Waals surface area (Å²) < 4.78 is 68.2. The summed E-state index contributed by atoms with van der Waals surface area (Å²) in [6, 6.07) is 0. The van der Waals surface area contributed by atoms with Crippen molar-refractivity contribution >= 4 is 39.5 Å². The van der Waals surface area contributed by atoms with E-state index in [1.165, 1.54) is 186 Å². The first kappa shape index (κ1) is 87.1. The molecule has 0 bridgehead atoms. The van der Waals surface area contributed by atoms with E-state index >= 15 is 0 Å². The Labute approximate surface area is 543 Å². The van der Waals surface area contributed by atoms with E-state index < -0.39 is 97.5 Å². The monoisotopic (exact) mass is 1310 g/mol. The van der Waals surface area contributed by atoms with Crippen molar-refractivity contribution in [2.24, 2.45) is 5.92 Å². The van der Waals surface area contributed by atoms with Crippen LogP contribution in [0.3, 0.4) is 0 Å². The first-order chi connectivity index (χ1) is 43.0. The molecule has 17 nitrogen and oxygen atoms in total. The number of unbranched alkanes of at least 4 members (excludes halogenated alkanes) is 42. The molecule has 0 saturated heterocycles. The average Bonchev–Trinajstić information content (AvgIpc) is 3.54. The smallest absolute Gasteiger partial charge is 0.462 e. The van der Waals surface area contributed by atoms with E-state index in [2.05, 4.69) is 34.6 Å². The molecule has 0 heterocycles. The van der Waals surface area contributed by atoms with Crippen molar-refractivity contribution in [1.29, 1.82) is 0 Å². The second-order valence-corrected chi connectivity index (χ2v) is 28.7. The molecule has 0 aliphatic carbocycles. The average molecular weight is 1310 g/mol. The normalized spacial score (nSPS) is 14.1. The fraction of sp³-hybridized carbons (Fsp3) is 0.943. The first-order valence-corrected chi connectivity index (χ1v) is 39.6. The molecule has 0 radical (unpaired) electrons. The molecule has 0 spiro atoms. The van der Waals surface area contributed by atoms with E-state index in [1.54, 1.807) is 0 Å². The summed E-state index contributed by atoms with van der Waals surface area (Å²) in [4.78, 5) is 72.4. The molecule has 0 fully saturated rings. The summed E-state index contributed by atoms with van der Waals surface area (Å²) in [6.07, 6.45) is 49.9. The number of carbonyl (C=O) groups excluding carboxylic acids is 4. The zero-order valence-corrected chi connectivity index (χ0v) is 59.4. The summed E-state index contributed by atoms with van der Waals surface area (Å²) in [5.41, 5.74) is 0. The number of aliphatic hydroxyl groups excluding tert-OH is 1. The SMILES string of the molecule is CCCCCCCCCCCCCCC(=O)OC[C@H](COP(=O)(O)OC[C@@H](O)COP(=O)(O)OC[C@@H](COC(=O)CCCCCCCCCCC)OC(=O)CCCCCCCCCCCC)OC(=O)CCCCCCCCCCCCCCCCCC(C)C. The Hall–Kier alpha value is -1.94. The summed E-state index contributed by atoms with van der Waals surface area (Å²) in [7, 11) is -9.89. The fourth-order valence-electron chi connectivity index (χ4n) is 10.6. The van der Waals surface area contributed by atoms with Gasteiger partial charge in [0, 0.05) is 25.7 Å². The summed E-state index contributed by atoms with van der Waals surface area (Å²) in [6.45, 7) is 7.25. The van der Waals surface area contributed by atoms with Crippen LogP contribution in [-0.4, -0.2) is 96.7 Å². The zero-order chi connectivity index (χ0) is 65.6. The third-order valence-corrected chi connectivity index (χ3v) is 18.2. The standard InChI is InChI=1S/C70H136O17P2/c1-6-9-12-15-18-21-23-30-35-39-44-49-54-68(73)81-60-66(87-70(75)56-51-46-41-36-31-28-26-24-25-27-29-33-37-42-47-52-63(4)5)62-85-89(78,79)83-58-64(71)57-82-88(76,77)84-61-65(59-80-67(72)53-48-43-38-32-20-17-14-11-8-3)86-69(74)55-50-45-40-34-22-19-16-13-10-7-2/h63-66,71H,6-62H2,1-5H3,(H,76,77)(H,78,79)/t64-,65+,66+/m0/s1. The van der Waals surface area contributed by atoms with E-state index in [-0.39, 0.29) is 25.7 Å². The summed E-state index contributed by atoms with van der Waals surface area (Å²) in [5, 5.41) is 10.6. The van der Waals surface area contributed by atoms with Crippen molar-refractivity contribution < 1.29 is 80.2 Å². The second-order valence-electron chi connectivity index (χ2n) is 25.7. The van der Waals surface area contributed by atoms with E-state index in [1.807, 2.05) is 0 Å². The number of rotatable bonds is 70. The maximum absolute atomic E-state index is 13.0. The molecule has 0 rings (SSSR count). The third-order valence-electron chi connectivity index (χ3n) is 16.3. The minimum Gasteiger partial charge on any atom is -0.462 e. The van der Waals surface area contributed by atoms with Crippen molar-refractivity contribution in [2.75, 3.05) is 39.6 Å². The minimum absolute atomic E-state index is 0.107. The highest BCUT2D eigenvalue weighted by molar-refractivity contribution is 7.47. The number of hydrogen-bond donors (Lipinski definition) is 3. The summed E-state index contributed by atoms with van der Waals surface area (Å²) in [5.74, 6) is -1.32. The van der Waals surface area contributed by atoms with Gasteiger partial charge in [-0.15, -0.1) is 0 Å². The van der Waals surface area contributed by atoms with Gasteiger partial charge >= 0.3 is 39.5 Å². The predicted molar refractivity (Wildman–Crippen MR) is 358 cm³/mol. The number of hydrogen-bond acceptors (Lipinski definition) is 15. The van der Waals surface area contributed by atoms with Crippen LogP contribution < -0.4 is 0 Å². The van der Waals surface area contributed by atoms with Gasteiger partial charge in [0.25, 0.3) is 0 Å². The molecule has 0 saturated carbocycles. The molecule has 3 N–H and O–H groups in total. The molecule has 0 aromatic rings. The van der Waals surface area contributed by atoms with Crippen LogP contribution in [0, 0.1) is 5.92 Å². The van der Waals surface area contributed by atoms with Gasteiger partial charge < -0.3 is 33.8 Å². The van der Waals surface area contributed by atoms with E-state index in [0.717, 1.165) is 95.8 Å². The Balaban J connectivity index is 5.20. The lowest BCUT2D eigenvalue weighted by atomic mass is 10.0. The van der Waals surface area contributed by atoms with Gasteiger partial charge in [-0.1, -0.05) is 311 Å². The number of aliphatic hydroxyl groups is 1. The number of phosphoric ester groups is 2. The maximum Gasteiger partial charge on any atom is 0.472 e. The molecule has 2 unspecified atom stereocenters. The molecular weight excluding hydrogens is 1170 g/mol. The van der Waals surface area contributed by atoms with Crippen LogP contribution in [0.4, 0.5) is 0 Å². The minimum atomic E-state index is -4.95. The van der Waals surface area contributed by atoms with Crippen LogP contribution in [0.1, 0.15) is 362 Å². The Morgan fingerprint density at radius 2 is 0.517 bits per heavy atom. The highest BCUT2D eigenvalue weighted by atomic mass is 31.2. The predicted octanol–water partition coefficient (Wildman–Crippen LogP) is 20.1. The molecule has 19 heteroatoms. The number of carbonyl (C=O) groups is 4. The summed E-state index contributed by atoms with van der Waals surface area (Å²) >= 11 is 0. The molecule has 89 heavy (non-hydrogen) atoms. The van der Waals surface area contributed by atoms with Crippen LogP contribution in [0.15, 0.2) is 0 Å². The molecule has 5 atom stereocenters. The van der Waals surface area contributed by atoms with Gasteiger partial charge in [-0.25, -0.2) is 9.13 Å². The lowest BCUT2D eigenvalue weighted by molar-refractivity contribution is -0.161. The number of ether oxygens (including phenoxy) is 4. The van der Waals surface area contributed by atoms with Crippen LogP contribution in [0.2, 0.25) is 0 Å². The molecule has 0 aromatic heterocycles.